The Morgan fingerprint density at radius 1 is 1.15 bits per heavy atom. The van der Waals surface area contributed by atoms with Crippen molar-refractivity contribution in [3.8, 4) is 5.75 Å². The van der Waals surface area contributed by atoms with Crippen LogP contribution in [0, 0.1) is 19.3 Å². The van der Waals surface area contributed by atoms with E-state index in [1.807, 2.05) is 20.9 Å². The van der Waals surface area contributed by atoms with Crippen molar-refractivity contribution in [3.05, 3.63) is 52.6 Å². The zero-order chi connectivity index (χ0) is 26.3. The minimum Gasteiger partial charge on any atom is -0.483 e. The second-order valence-electron chi connectivity index (χ2n) is 8.64. The fraction of sp³-hybridized carbons (Fsp3) is 0.538. The van der Waals surface area contributed by atoms with Crippen molar-refractivity contribution in [2.75, 3.05) is 32.7 Å². The number of aliphatic hydroxyl groups is 1. The third-order valence-corrected chi connectivity index (χ3v) is 5.05. The number of nitrogens with one attached hydrogen (secondary N) is 1. The van der Waals surface area contributed by atoms with E-state index in [0.29, 0.717) is 11.6 Å². The second-order valence-corrected chi connectivity index (χ2v) is 8.90. The Kier molecular flexibility index (Phi) is 15.3. The van der Waals surface area contributed by atoms with Crippen molar-refractivity contribution < 1.29 is 9.84 Å². The number of aromatic nitrogens is 2. The molecule has 0 radical (unpaired) electrons. The van der Waals surface area contributed by atoms with E-state index >= 15 is 0 Å². The molecule has 1 aromatic heterocycles. The molecule has 0 saturated carbocycles. The van der Waals surface area contributed by atoms with Crippen LogP contribution in [0.1, 0.15) is 62.7 Å². The summed E-state index contributed by atoms with van der Waals surface area (Å²) in [6.45, 7) is 19.5. The first-order chi connectivity index (χ1) is 16.0. The maximum Gasteiger partial charge on any atom is 0.171 e. The van der Waals surface area contributed by atoms with E-state index in [9.17, 15) is 0 Å². The molecule has 0 fully saturated rings. The molecular weight excluding hydrogens is 446 g/mol. The lowest BCUT2D eigenvalue weighted by molar-refractivity contribution is 0.223. The lowest BCUT2D eigenvalue weighted by Gasteiger charge is -2.17. The normalized spacial score (nSPS) is 10.6. The first kappa shape index (κ1) is 31.7. The van der Waals surface area contributed by atoms with Crippen molar-refractivity contribution in [3.63, 3.8) is 0 Å². The predicted octanol–water partition coefficient (Wildman–Crippen LogP) is 4.86. The average Bonchev–Trinajstić information content (AvgIpc) is 2.81. The van der Waals surface area contributed by atoms with Crippen LogP contribution in [-0.2, 0) is 11.8 Å². The monoisotopic (exact) mass is 489 g/mol. The van der Waals surface area contributed by atoms with Crippen molar-refractivity contribution in [1.82, 2.24) is 14.9 Å². The molecule has 34 heavy (non-hydrogen) atoms. The standard InChI is InChI=1S/C14H23NO2S.C10H14N4.C2H6/c1-11-9-14(17-10-18)12(2)8-13(11)4-5-15(3)6-7-16;1-10(2,3)8-6-13-7(5-14-8)9(11)12-4;1-2/h8-9,16,18H,4-7,10H2,1-3H3;5-6,11H,4H2,1-3H3;1-2H3. The number of likely N-dealkylation sites (N-methyl/N-ethyl adjacent to an activating group) is 1. The van der Waals surface area contributed by atoms with Gasteiger partial charge in [0, 0.05) is 24.7 Å². The average molecular weight is 490 g/mol. The molecule has 0 aliphatic heterocycles. The van der Waals surface area contributed by atoms with Crippen molar-refractivity contribution >= 4 is 25.2 Å². The maximum atomic E-state index is 8.86. The summed E-state index contributed by atoms with van der Waals surface area (Å²) in [6.07, 6.45) is 4.22. The number of rotatable bonds is 8. The van der Waals surface area contributed by atoms with Gasteiger partial charge in [-0.1, -0.05) is 40.7 Å². The van der Waals surface area contributed by atoms with Crippen LogP contribution in [0.2, 0.25) is 0 Å². The molecule has 0 spiro atoms. The first-order valence-corrected chi connectivity index (χ1v) is 12.2. The maximum absolute atomic E-state index is 8.86. The van der Waals surface area contributed by atoms with Crippen LogP contribution in [0.3, 0.4) is 0 Å². The second kappa shape index (κ2) is 16.4. The molecule has 190 valence electrons. The van der Waals surface area contributed by atoms with Gasteiger partial charge in [-0.15, -0.1) is 12.6 Å². The van der Waals surface area contributed by atoms with Gasteiger partial charge >= 0.3 is 0 Å². The van der Waals surface area contributed by atoms with Crippen LogP contribution in [-0.4, -0.2) is 65.2 Å². The Balaban J connectivity index is 0.000000613. The molecular formula is C26H43N5O2S. The molecule has 2 rings (SSSR count). The van der Waals surface area contributed by atoms with Gasteiger partial charge in [0.25, 0.3) is 0 Å². The molecule has 1 heterocycles. The van der Waals surface area contributed by atoms with Gasteiger partial charge in [0.2, 0.25) is 0 Å². The molecule has 0 aliphatic rings. The summed E-state index contributed by atoms with van der Waals surface area (Å²) in [5.41, 5.74) is 5.06. The lowest BCUT2D eigenvalue weighted by Crippen LogP contribution is -2.24. The smallest absolute Gasteiger partial charge is 0.171 e. The predicted molar refractivity (Wildman–Crippen MR) is 147 cm³/mol. The van der Waals surface area contributed by atoms with Crippen LogP contribution in [0.15, 0.2) is 29.5 Å². The number of aliphatic imine (C=N–C) groups is 1. The van der Waals surface area contributed by atoms with Crippen LogP contribution < -0.4 is 4.74 Å². The molecule has 0 saturated heterocycles. The fourth-order valence-electron chi connectivity index (χ4n) is 2.86. The first-order valence-electron chi connectivity index (χ1n) is 11.5. The topological polar surface area (TPSA) is 94.7 Å². The molecule has 0 atom stereocenters. The summed E-state index contributed by atoms with van der Waals surface area (Å²) >= 11 is 4.08. The molecule has 7 nitrogen and oxygen atoms in total. The summed E-state index contributed by atoms with van der Waals surface area (Å²) < 4.78 is 5.46. The molecule has 8 heteroatoms. The third-order valence-electron chi connectivity index (χ3n) is 4.92. The number of thiol groups is 1. The van der Waals surface area contributed by atoms with Crippen molar-refractivity contribution in [2.45, 2.75) is 60.3 Å². The highest BCUT2D eigenvalue weighted by Crippen LogP contribution is 2.23. The Bertz CT molecular complexity index is 880. The van der Waals surface area contributed by atoms with Crippen molar-refractivity contribution in [1.29, 1.82) is 5.41 Å². The zero-order valence-electron chi connectivity index (χ0n) is 22.1. The molecule has 2 N–H and O–H groups in total. The molecule has 0 unspecified atom stereocenters. The highest BCUT2D eigenvalue weighted by atomic mass is 32.1. The number of aryl methyl sites for hydroxylation is 2. The third kappa shape index (κ3) is 11.2. The van der Waals surface area contributed by atoms with Gasteiger partial charge in [-0.2, -0.15) is 0 Å². The molecule has 0 aliphatic carbocycles. The molecule has 2 aromatic rings. The van der Waals surface area contributed by atoms with E-state index in [2.05, 4.69) is 86.0 Å². The minimum atomic E-state index is -0.0185. The molecule has 0 amide bonds. The van der Waals surface area contributed by atoms with E-state index in [0.717, 1.165) is 36.5 Å². The molecule has 0 bridgehead atoms. The van der Waals surface area contributed by atoms with E-state index in [4.69, 9.17) is 15.3 Å². The number of nitrogens with zero attached hydrogens (tertiary/aromatic N) is 4. The highest BCUT2D eigenvalue weighted by Gasteiger charge is 2.15. The lowest BCUT2D eigenvalue weighted by atomic mass is 9.93. The van der Waals surface area contributed by atoms with E-state index in [1.54, 1.807) is 12.4 Å². The number of benzene rings is 1. The van der Waals surface area contributed by atoms with Crippen molar-refractivity contribution in [2.24, 2.45) is 4.99 Å². The Labute approximate surface area is 211 Å². The van der Waals surface area contributed by atoms with E-state index in [1.165, 1.54) is 11.1 Å². The highest BCUT2D eigenvalue weighted by molar-refractivity contribution is 7.80. The number of ether oxygens (including phenoxy) is 1. The van der Waals surface area contributed by atoms with E-state index in [-0.39, 0.29) is 17.9 Å². The SMILES string of the molecule is C=NC(=N)c1cnc(C(C)(C)C)cn1.CC.Cc1cc(OCS)c(C)cc1CCN(C)CCO. The summed E-state index contributed by atoms with van der Waals surface area (Å²) in [5.74, 6) is 1.37. The Morgan fingerprint density at radius 2 is 1.79 bits per heavy atom. The largest absolute Gasteiger partial charge is 0.483 e. The van der Waals surface area contributed by atoms with Gasteiger partial charge in [-0.05, 0) is 56.8 Å². The molecule has 1 aromatic carbocycles. The van der Waals surface area contributed by atoms with Gasteiger partial charge in [0.15, 0.2) is 5.84 Å². The zero-order valence-corrected chi connectivity index (χ0v) is 23.0. The van der Waals surface area contributed by atoms with Gasteiger partial charge < -0.3 is 14.7 Å². The van der Waals surface area contributed by atoms with Crippen LogP contribution in [0.25, 0.3) is 0 Å². The Hall–Kier alpha value is -2.29. The number of hydrogen-bond acceptors (Lipinski definition) is 7. The van der Waals surface area contributed by atoms with Gasteiger partial charge in [0.05, 0.1) is 18.5 Å². The summed E-state index contributed by atoms with van der Waals surface area (Å²) in [5, 5.41) is 16.2. The number of hydrogen-bond donors (Lipinski definition) is 3. The Morgan fingerprint density at radius 3 is 2.26 bits per heavy atom. The summed E-state index contributed by atoms with van der Waals surface area (Å²) in [6, 6.07) is 4.26. The number of aliphatic hydroxyl groups excluding tert-OH is 1. The number of amidine groups is 1. The minimum absolute atomic E-state index is 0.0185. The van der Waals surface area contributed by atoms with E-state index < -0.39 is 0 Å². The summed E-state index contributed by atoms with van der Waals surface area (Å²) in [7, 11) is 2.02. The van der Waals surface area contributed by atoms with Gasteiger partial charge in [-0.3, -0.25) is 10.4 Å². The fourth-order valence-corrected chi connectivity index (χ4v) is 3.00. The summed E-state index contributed by atoms with van der Waals surface area (Å²) in [4.78, 5) is 13.9. The van der Waals surface area contributed by atoms with Gasteiger partial charge in [0.1, 0.15) is 17.4 Å². The van der Waals surface area contributed by atoms with Gasteiger partial charge in [-0.25, -0.2) is 9.98 Å². The van der Waals surface area contributed by atoms with Crippen LogP contribution >= 0.6 is 12.6 Å². The van der Waals surface area contributed by atoms with Crippen LogP contribution in [0.5, 0.6) is 5.75 Å². The quantitative estimate of drug-likeness (QED) is 0.213. The van der Waals surface area contributed by atoms with Crippen LogP contribution in [0.4, 0.5) is 0 Å².